The number of fused-ring (bicyclic) bond motifs is 1. The first-order valence-electron chi connectivity index (χ1n) is 17.6. The molecule has 2 atom stereocenters. The fraction of sp³-hybridized carbons (Fsp3) is 0.676. The number of nitrogens with zero attached hydrogens (tertiary/aromatic N) is 6. The van der Waals surface area contributed by atoms with Crippen LogP contribution in [-0.4, -0.2) is 98.9 Å². The average molecular weight is 666 g/mol. The Morgan fingerprint density at radius 3 is 2.31 bits per heavy atom. The SMILES string of the molecule is C/C=C(\C)CCN(CCCN(CC1CCC(n2cc(C3=CCN(C)CC3)c3c(N)ncnc32)C1)C(=O)OC(C)(C)C)C(=O)OC(C)(C)C. The van der Waals surface area contributed by atoms with Gasteiger partial charge in [-0.3, -0.25) is 0 Å². The van der Waals surface area contributed by atoms with Gasteiger partial charge in [0, 0.05) is 57.1 Å². The number of carbonyl (C=O) groups is 2. The quantitative estimate of drug-likeness (QED) is 0.249. The van der Waals surface area contributed by atoms with Crippen LogP contribution in [0, 0.1) is 5.92 Å². The lowest BCUT2D eigenvalue weighted by Crippen LogP contribution is -2.42. The van der Waals surface area contributed by atoms with Crippen LogP contribution in [0.4, 0.5) is 15.4 Å². The van der Waals surface area contributed by atoms with E-state index in [4.69, 9.17) is 20.2 Å². The monoisotopic (exact) mass is 665 g/mol. The zero-order valence-corrected chi connectivity index (χ0v) is 30.8. The number of nitrogen functional groups attached to an aromatic ring is 1. The molecular weight excluding hydrogens is 606 g/mol. The minimum Gasteiger partial charge on any atom is -0.444 e. The van der Waals surface area contributed by atoms with Crippen molar-refractivity contribution in [1.82, 2.24) is 29.2 Å². The third-order valence-corrected chi connectivity index (χ3v) is 9.21. The summed E-state index contributed by atoms with van der Waals surface area (Å²) in [5, 5.41) is 0.936. The van der Waals surface area contributed by atoms with Crippen LogP contribution in [0.3, 0.4) is 0 Å². The van der Waals surface area contributed by atoms with E-state index >= 15 is 0 Å². The van der Waals surface area contributed by atoms with Crippen molar-refractivity contribution in [3.05, 3.63) is 35.8 Å². The number of aromatic nitrogens is 3. The Kier molecular flexibility index (Phi) is 12.2. The maximum atomic E-state index is 13.5. The average Bonchev–Trinajstić information content (AvgIpc) is 3.62. The maximum absolute atomic E-state index is 13.5. The van der Waals surface area contributed by atoms with E-state index in [2.05, 4.69) is 46.8 Å². The fourth-order valence-electron chi connectivity index (χ4n) is 6.54. The molecule has 48 heavy (non-hydrogen) atoms. The van der Waals surface area contributed by atoms with Gasteiger partial charge in [0.25, 0.3) is 0 Å². The summed E-state index contributed by atoms with van der Waals surface area (Å²) in [5.74, 6) is 0.810. The standard InChI is InChI=1S/C37H59N7O4/c1-10-26(2)14-21-42(34(45)47-36(3,4)5)17-11-18-43(35(46)48-37(6,7)8)23-27-12-13-29(22-27)44-24-30(28-15-19-41(9)20-16-28)31-32(38)39-25-40-33(31)44/h10,15,24-25,27,29H,11-14,16-23H2,1-9H3,(H2,38,39,40)/b26-10+. The Labute approximate surface area is 287 Å². The Balaban J connectivity index is 1.48. The molecule has 2 aliphatic rings. The molecular formula is C37H59N7O4. The molecule has 1 aliphatic heterocycles. The molecule has 0 spiro atoms. The van der Waals surface area contributed by atoms with Gasteiger partial charge >= 0.3 is 12.2 Å². The second kappa shape index (κ2) is 15.7. The first-order valence-corrected chi connectivity index (χ1v) is 17.6. The Morgan fingerprint density at radius 2 is 1.69 bits per heavy atom. The number of ether oxygens (including phenoxy) is 2. The number of anilines is 1. The lowest BCUT2D eigenvalue weighted by Gasteiger charge is -2.31. The van der Waals surface area contributed by atoms with E-state index < -0.39 is 11.2 Å². The number of carbonyl (C=O) groups excluding carboxylic acids is 2. The molecule has 1 saturated carbocycles. The van der Waals surface area contributed by atoms with Gasteiger partial charge in [-0.2, -0.15) is 0 Å². The van der Waals surface area contributed by atoms with Gasteiger partial charge in [-0.1, -0.05) is 17.7 Å². The Hall–Kier alpha value is -3.60. The summed E-state index contributed by atoms with van der Waals surface area (Å²) in [5.41, 5.74) is 9.77. The molecule has 3 heterocycles. The third-order valence-electron chi connectivity index (χ3n) is 9.21. The summed E-state index contributed by atoms with van der Waals surface area (Å²) in [7, 11) is 2.14. The molecule has 0 saturated heterocycles. The molecule has 2 aromatic heterocycles. The molecule has 0 bridgehead atoms. The topological polar surface area (TPSA) is 119 Å². The summed E-state index contributed by atoms with van der Waals surface area (Å²) < 4.78 is 13.9. The van der Waals surface area contributed by atoms with Gasteiger partial charge in [0.15, 0.2) is 0 Å². The van der Waals surface area contributed by atoms with E-state index in [0.717, 1.165) is 61.8 Å². The molecule has 4 rings (SSSR count). The molecule has 2 unspecified atom stereocenters. The van der Waals surface area contributed by atoms with Crippen molar-refractivity contribution < 1.29 is 19.1 Å². The maximum Gasteiger partial charge on any atom is 0.410 e. The van der Waals surface area contributed by atoms with Crippen molar-refractivity contribution in [1.29, 1.82) is 0 Å². The highest BCUT2D eigenvalue weighted by Crippen LogP contribution is 2.40. The molecule has 266 valence electrons. The highest BCUT2D eigenvalue weighted by atomic mass is 16.6. The van der Waals surface area contributed by atoms with Crippen molar-refractivity contribution in [2.45, 2.75) is 111 Å². The van der Waals surface area contributed by atoms with E-state index in [9.17, 15) is 9.59 Å². The van der Waals surface area contributed by atoms with Crippen molar-refractivity contribution in [3.63, 3.8) is 0 Å². The van der Waals surface area contributed by atoms with Crippen molar-refractivity contribution in [2.24, 2.45) is 5.92 Å². The molecule has 0 aromatic carbocycles. The molecule has 2 amide bonds. The van der Waals surface area contributed by atoms with Gasteiger partial charge in [0.2, 0.25) is 0 Å². The second-order valence-electron chi connectivity index (χ2n) is 15.6. The predicted octanol–water partition coefficient (Wildman–Crippen LogP) is 7.29. The molecule has 11 heteroatoms. The molecule has 1 aliphatic carbocycles. The summed E-state index contributed by atoms with van der Waals surface area (Å²) in [6, 6.07) is 0.241. The molecule has 1 fully saturated rings. The van der Waals surface area contributed by atoms with Crippen molar-refractivity contribution >= 4 is 34.6 Å². The van der Waals surface area contributed by atoms with Crippen LogP contribution in [0.25, 0.3) is 16.6 Å². The molecule has 2 N–H and O–H groups in total. The third kappa shape index (κ3) is 10.2. The van der Waals surface area contributed by atoms with Crippen LogP contribution in [0.2, 0.25) is 0 Å². The van der Waals surface area contributed by atoms with Gasteiger partial charge in [-0.25, -0.2) is 19.6 Å². The first kappa shape index (κ1) is 37.2. The van der Waals surface area contributed by atoms with E-state index in [-0.39, 0.29) is 18.2 Å². The Bertz CT molecular complexity index is 1480. The summed E-state index contributed by atoms with van der Waals surface area (Å²) in [6.45, 7) is 19.4. The highest BCUT2D eigenvalue weighted by molar-refractivity contribution is 5.97. The lowest BCUT2D eigenvalue weighted by molar-refractivity contribution is 0.0186. The molecule has 2 aromatic rings. The number of hydrogen-bond donors (Lipinski definition) is 1. The van der Waals surface area contributed by atoms with Crippen molar-refractivity contribution in [3.8, 4) is 0 Å². The largest absolute Gasteiger partial charge is 0.444 e. The van der Waals surface area contributed by atoms with Gasteiger partial charge < -0.3 is 34.5 Å². The summed E-state index contributed by atoms with van der Waals surface area (Å²) in [4.78, 5) is 41.5. The van der Waals surface area contributed by atoms with Crippen LogP contribution in [-0.2, 0) is 9.47 Å². The number of allylic oxidation sites excluding steroid dienone is 1. The minimum absolute atomic E-state index is 0.241. The number of hydrogen-bond acceptors (Lipinski definition) is 8. The second-order valence-corrected chi connectivity index (χ2v) is 15.6. The zero-order chi connectivity index (χ0) is 35.2. The number of likely N-dealkylation sites (N-methyl/N-ethyl adjacent to an activating group) is 1. The fourth-order valence-corrected chi connectivity index (χ4v) is 6.54. The lowest BCUT2D eigenvalue weighted by atomic mass is 10.00. The van der Waals surface area contributed by atoms with Crippen LogP contribution in [0.1, 0.15) is 106 Å². The van der Waals surface area contributed by atoms with Crippen LogP contribution >= 0.6 is 0 Å². The van der Waals surface area contributed by atoms with Gasteiger partial charge in [-0.05, 0) is 112 Å². The number of nitrogens with two attached hydrogens (primary N) is 1. The van der Waals surface area contributed by atoms with E-state index in [1.54, 1.807) is 11.2 Å². The van der Waals surface area contributed by atoms with E-state index in [0.29, 0.717) is 44.3 Å². The van der Waals surface area contributed by atoms with Gasteiger partial charge in [0.05, 0.1) is 5.39 Å². The van der Waals surface area contributed by atoms with Crippen molar-refractivity contribution in [2.75, 3.05) is 52.0 Å². The summed E-state index contributed by atoms with van der Waals surface area (Å²) in [6.07, 6.45) is 12.7. The van der Waals surface area contributed by atoms with E-state index in [1.807, 2.05) is 53.4 Å². The first-order chi connectivity index (χ1) is 22.5. The number of amides is 2. The summed E-state index contributed by atoms with van der Waals surface area (Å²) >= 11 is 0. The smallest absolute Gasteiger partial charge is 0.410 e. The molecule has 11 nitrogen and oxygen atoms in total. The van der Waals surface area contributed by atoms with Crippen LogP contribution < -0.4 is 5.73 Å². The molecule has 0 radical (unpaired) electrons. The zero-order valence-electron chi connectivity index (χ0n) is 30.8. The van der Waals surface area contributed by atoms with Crippen LogP contribution in [0.5, 0.6) is 0 Å². The normalized spacial score (nSPS) is 19.4. The van der Waals surface area contributed by atoms with E-state index in [1.165, 1.54) is 11.1 Å². The van der Waals surface area contributed by atoms with Crippen LogP contribution in [0.15, 0.2) is 30.2 Å². The Morgan fingerprint density at radius 1 is 1.02 bits per heavy atom. The predicted molar refractivity (Wildman–Crippen MR) is 193 cm³/mol. The highest BCUT2D eigenvalue weighted by Gasteiger charge is 2.33. The van der Waals surface area contributed by atoms with Gasteiger partial charge in [-0.15, -0.1) is 0 Å². The minimum atomic E-state index is -0.608. The van der Waals surface area contributed by atoms with Gasteiger partial charge in [0.1, 0.15) is 29.0 Å². The number of rotatable bonds is 11.